The van der Waals surface area contributed by atoms with E-state index in [9.17, 15) is 0 Å². The summed E-state index contributed by atoms with van der Waals surface area (Å²) in [5, 5.41) is 3.42. The van der Waals surface area contributed by atoms with Crippen LogP contribution >= 0.6 is 0 Å². The van der Waals surface area contributed by atoms with Crippen molar-refractivity contribution in [2.75, 3.05) is 18.5 Å². The predicted octanol–water partition coefficient (Wildman–Crippen LogP) is 5.97. The Labute approximate surface area is 136 Å². The Balaban J connectivity index is 2.37. The Morgan fingerprint density at radius 2 is 2.00 bits per heavy atom. The zero-order chi connectivity index (χ0) is 16.2. The number of hydrogen-bond acceptors (Lipinski definition) is 2. The topological polar surface area (TPSA) is 21.3 Å². The summed E-state index contributed by atoms with van der Waals surface area (Å²) >= 11 is 0. The van der Waals surface area contributed by atoms with Gasteiger partial charge in [-0.05, 0) is 58.2 Å². The van der Waals surface area contributed by atoms with Crippen LogP contribution < -0.4 is 10.1 Å². The largest absolute Gasteiger partial charge is 0.489 e. The molecule has 0 aliphatic rings. The van der Waals surface area contributed by atoms with E-state index in [1.165, 1.54) is 24.0 Å². The van der Waals surface area contributed by atoms with Crippen LogP contribution in [-0.2, 0) is 0 Å². The standard InChI is InChI=1S/C20H31NO/c1-5-6-14-21-19-11-8-12-20(16-19)22-15-13-18(4)10-7-9-17(2)3/h8-9,11-13,16,21H,5-7,10,14-15H2,1-4H3/b18-13+. The number of anilines is 1. The van der Waals surface area contributed by atoms with E-state index < -0.39 is 0 Å². The lowest BCUT2D eigenvalue weighted by Gasteiger charge is -2.09. The Morgan fingerprint density at radius 1 is 1.18 bits per heavy atom. The first kappa shape index (κ1) is 18.3. The predicted molar refractivity (Wildman–Crippen MR) is 97.8 cm³/mol. The first-order valence-electron chi connectivity index (χ1n) is 8.37. The Morgan fingerprint density at radius 3 is 2.73 bits per heavy atom. The Kier molecular flexibility index (Phi) is 9.13. The van der Waals surface area contributed by atoms with E-state index in [0.29, 0.717) is 6.61 Å². The summed E-state index contributed by atoms with van der Waals surface area (Å²) in [6.07, 6.45) is 9.08. The molecular weight excluding hydrogens is 270 g/mol. The van der Waals surface area contributed by atoms with Gasteiger partial charge in [0.1, 0.15) is 12.4 Å². The molecule has 0 bridgehead atoms. The average Bonchev–Trinajstić information content (AvgIpc) is 2.47. The van der Waals surface area contributed by atoms with Crippen molar-refractivity contribution < 1.29 is 4.74 Å². The molecule has 0 aliphatic carbocycles. The minimum absolute atomic E-state index is 0.638. The highest BCUT2D eigenvalue weighted by Gasteiger charge is 1.96. The van der Waals surface area contributed by atoms with Gasteiger partial charge in [0.05, 0.1) is 0 Å². The van der Waals surface area contributed by atoms with Crippen molar-refractivity contribution in [1.82, 2.24) is 0 Å². The monoisotopic (exact) mass is 301 g/mol. The fourth-order valence-electron chi connectivity index (χ4n) is 2.08. The van der Waals surface area contributed by atoms with Crippen LogP contribution in [0, 0.1) is 0 Å². The third-order valence-corrected chi connectivity index (χ3v) is 3.47. The van der Waals surface area contributed by atoms with Crippen molar-refractivity contribution >= 4 is 5.69 Å². The number of hydrogen-bond donors (Lipinski definition) is 1. The fraction of sp³-hybridized carbons (Fsp3) is 0.500. The molecule has 0 unspecified atom stereocenters. The van der Waals surface area contributed by atoms with Gasteiger partial charge in [-0.15, -0.1) is 0 Å². The molecule has 1 aromatic rings. The lowest BCUT2D eigenvalue weighted by molar-refractivity contribution is 0.362. The first-order valence-corrected chi connectivity index (χ1v) is 8.37. The van der Waals surface area contributed by atoms with Crippen LogP contribution in [0.1, 0.15) is 53.4 Å². The van der Waals surface area contributed by atoms with Gasteiger partial charge in [-0.2, -0.15) is 0 Å². The smallest absolute Gasteiger partial charge is 0.121 e. The van der Waals surface area contributed by atoms with Gasteiger partial charge in [0, 0.05) is 18.3 Å². The van der Waals surface area contributed by atoms with Crippen LogP contribution in [0.5, 0.6) is 5.75 Å². The zero-order valence-corrected chi connectivity index (χ0v) is 14.6. The second kappa shape index (κ2) is 10.9. The maximum absolute atomic E-state index is 5.82. The molecule has 122 valence electrons. The molecular formula is C20H31NO. The summed E-state index contributed by atoms with van der Waals surface area (Å²) in [5.41, 5.74) is 3.90. The van der Waals surface area contributed by atoms with Crippen LogP contribution in [-0.4, -0.2) is 13.2 Å². The summed E-state index contributed by atoms with van der Waals surface area (Å²) in [6.45, 7) is 10.3. The maximum atomic E-state index is 5.82. The van der Waals surface area contributed by atoms with Crippen LogP contribution in [0.15, 0.2) is 47.6 Å². The van der Waals surface area contributed by atoms with Gasteiger partial charge >= 0.3 is 0 Å². The molecule has 0 amide bonds. The summed E-state index contributed by atoms with van der Waals surface area (Å²) in [7, 11) is 0. The van der Waals surface area contributed by atoms with Crippen molar-refractivity contribution in [2.24, 2.45) is 0 Å². The quantitative estimate of drug-likeness (QED) is 0.424. The van der Waals surface area contributed by atoms with Crippen LogP contribution in [0.3, 0.4) is 0 Å². The van der Waals surface area contributed by atoms with E-state index in [4.69, 9.17) is 4.74 Å². The second-order valence-electron chi connectivity index (χ2n) is 5.99. The number of unbranched alkanes of at least 4 members (excludes halogenated alkanes) is 1. The normalized spacial score (nSPS) is 11.2. The van der Waals surface area contributed by atoms with Gasteiger partial charge < -0.3 is 10.1 Å². The summed E-state index contributed by atoms with van der Waals surface area (Å²) in [5.74, 6) is 0.926. The minimum atomic E-state index is 0.638. The van der Waals surface area contributed by atoms with Crippen molar-refractivity contribution in [2.45, 2.75) is 53.4 Å². The lowest BCUT2D eigenvalue weighted by Crippen LogP contribution is -2.01. The SMILES string of the molecule is CCCCNc1cccc(OC/C=C(\C)CCC=C(C)C)c1. The molecule has 0 spiro atoms. The van der Waals surface area contributed by atoms with E-state index in [2.05, 4.69) is 57.3 Å². The van der Waals surface area contributed by atoms with E-state index >= 15 is 0 Å². The third kappa shape index (κ3) is 8.56. The first-order chi connectivity index (χ1) is 10.6. The maximum Gasteiger partial charge on any atom is 0.121 e. The van der Waals surface area contributed by atoms with E-state index in [1.807, 2.05) is 12.1 Å². The Bertz CT molecular complexity index is 484. The van der Waals surface area contributed by atoms with Gasteiger partial charge in [-0.1, -0.05) is 36.6 Å². The van der Waals surface area contributed by atoms with Crippen molar-refractivity contribution in [3.05, 3.63) is 47.6 Å². The summed E-state index contributed by atoms with van der Waals surface area (Å²) in [6, 6.07) is 8.21. The van der Waals surface area contributed by atoms with Crippen molar-refractivity contribution in [3.8, 4) is 5.75 Å². The molecule has 1 N–H and O–H groups in total. The summed E-state index contributed by atoms with van der Waals surface area (Å²) < 4.78 is 5.82. The molecule has 1 aromatic carbocycles. The van der Waals surface area contributed by atoms with Gasteiger partial charge in [0.2, 0.25) is 0 Å². The molecule has 1 rings (SSSR count). The highest BCUT2D eigenvalue weighted by Crippen LogP contribution is 2.17. The van der Waals surface area contributed by atoms with Crippen LogP contribution in [0.4, 0.5) is 5.69 Å². The highest BCUT2D eigenvalue weighted by molar-refractivity contribution is 5.48. The van der Waals surface area contributed by atoms with E-state index in [-0.39, 0.29) is 0 Å². The van der Waals surface area contributed by atoms with Crippen LogP contribution in [0.2, 0.25) is 0 Å². The van der Waals surface area contributed by atoms with Gasteiger partial charge in [-0.3, -0.25) is 0 Å². The molecule has 0 saturated heterocycles. The lowest BCUT2D eigenvalue weighted by atomic mass is 10.1. The van der Waals surface area contributed by atoms with Gasteiger partial charge in [-0.25, -0.2) is 0 Å². The number of benzene rings is 1. The molecule has 0 radical (unpaired) electrons. The number of rotatable bonds is 10. The molecule has 22 heavy (non-hydrogen) atoms. The number of allylic oxidation sites excluding steroid dienone is 3. The molecule has 0 atom stereocenters. The Hall–Kier alpha value is -1.70. The number of ether oxygens (including phenoxy) is 1. The van der Waals surface area contributed by atoms with Gasteiger partial charge in [0.25, 0.3) is 0 Å². The second-order valence-corrected chi connectivity index (χ2v) is 5.99. The minimum Gasteiger partial charge on any atom is -0.489 e. The molecule has 0 aliphatic heterocycles. The molecule has 0 heterocycles. The molecule has 2 heteroatoms. The van der Waals surface area contributed by atoms with E-state index in [0.717, 1.165) is 30.8 Å². The molecule has 0 aromatic heterocycles. The fourth-order valence-corrected chi connectivity index (χ4v) is 2.08. The van der Waals surface area contributed by atoms with Crippen molar-refractivity contribution in [3.63, 3.8) is 0 Å². The zero-order valence-electron chi connectivity index (χ0n) is 14.6. The van der Waals surface area contributed by atoms with E-state index in [1.54, 1.807) is 0 Å². The third-order valence-electron chi connectivity index (χ3n) is 3.47. The van der Waals surface area contributed by atoms with Crippen LogP contribution in [0.25, 0.3) is 0 Å². The molecule has 0 fully saturated rings. The highest BCUT2D eigenvalue weighted by atomic mass is 16.5. The summed E-state index contributed by atoms with van der Waals surface area (Å²) in [4.78, 5) is 0. The molecule has 0 saturated carbocycles. The number of nitrogens with one attached hydrogen (secondary N) is 1. The van der Waals surface area contributed by atoms with Crippen molar-refractivity contribution in [1.29, 1.82) is 0 Å². The molecule has 2 nitrogen and oxygen atoms in total. The van der Waals surface area contributed by atoms with Gasteiger partial charge in [0.15, 0.2) is 0 Å². The average molecular weight is 301 g/mol.